The van der Waals surface area contributed by atoms with Gasteiger partial charge in [0.25, 0.3) is 0 Å². The normalized spacial score (nSPS) is 23.4. The molecule has 2 atom stereocenters. The van der Waals surface area contributed by atoms with Crippen LogP contribution in [0, 0.1) is 0 Å². The first-order chi connectivity index (χ1) is 7.59. The number of nitrogens with two attached hydrogens (primary N) is 1. The van der Waals surface area contributed by atoms with Gasteiger partial charge in [-0.1, -0.05) is 0 Å². The van der Waals surface area contributed by atoms with E-state index in [0.717, 1.165) is 6.42 Å². The number of carbonyl (C=O) groups excluding carboxylic acids is 1. The smallest absolute Gasteiger partial charge is 0.161 e. The molecule has 1 aromatic rings. The number of Topliss-reactive ketones (excluding diaryl/α,β-unsaturated/α-hetero) is 1. The maximum atomic E-state index is 11.1. The highest BCUT2D eigenvalue weighted by molar-refractivity contribution is 5.93. The van der Waals surface area contributed by atoms with Crippen LogP contribution in [-0.4, -0.2) is 34.7 Å². The molecule has 1 aliphatic rings. The minimum Gasteiger partial charge on any atom is -0.372 e. The van der Waals surface area contributed by atoms with Gasteiger partial charge in [0.2, 0.25) is 0 Å². The van der Waals surface area contributed by atoms with Crippen LogP contribution in [-0.2, 0) is 0 Å². The van der Waals surface area contributed by atoms with E-state index in [9.17, 15) is 9.90 Å². The molecule has 1 unspecified atom stereocenters. The predicted octanol–water partition coefficient (Wildman–Crippen LogP) is 0.562. The van der Waals surface area contributed by atoms with Gasteiger partial charge >= 0.3 is 0 Å². The second-order valence-electron chi connectivity index (χ2n) is 4.02. The predicted molar refractivity (Wildman–Crippen MR) is 67.4 cm³/mol. The summed E-state index contributed by atoms with van der Waals surface area (Å²) >= 11 is 0. The van der Waals surface area contributed by atoms with Crippen LogP contribution >= 0.6 is 12.4 Å². The number of nitrogens with zero attached hydrogens (tertiary/aromatic N) is 2. The Morgan fingerprint density at radius 3 is 2.71 bits per heavy atom. The number of anilines is 1. The molecule has 1 saturated heterocycles. The standard InChI is InChI=1S/C11H15N3O2.ClH/c1-7(15)8-2-3-10(13-6-8)14-5-4-9(12)11(14)16;/h2-3,6,9,11,16H,4-5,12H2,1H3;1H/t9-,11?;/m0./s1. The van der Waals surface area contributed by atoms with Crippen LogP contribution in [0.25, 0.3) is 0 Å². The molecule has 0 aromatic carbocycles. The van der Waals surface area contributed by atoms with E-state index in [2.05, 4.69) is 4.98 Å². The molecule has 1 fully saturated rings. The van der Waals surface area contributed by atoms with Gasteiger partial charge in [-0.05, 0) is 25.5 Å². The maximum absolute atomic E-state index is 11.1. The molecule has 0 amide bonds. The number of rotatable bonds is 2. The van der Waals surface area contributed by atoms with Gasteiger partial charge in [-0.2, -0.15) is 0 Å². The lowest BCUT2D eigenvalue weighted by atomic mass is 10.2. The largest absolute Gasteiger partial charge is 0.372 e. The Kier molecular flexibility index (Phi) is 4.45. The Morgan fingerprint density at radius 1 is 1.59 bits per heavy atom. The lowest BCUT2D eigenvalue weighted by Crippen LogP contribution is -2.39. The van der Waals surface area contributed by atoms with E-state index in [0.29, 0.717) is 17.9 Å². The van der Waals surface area contributed by atoms with E-state index in [4.69, 9.17) is 5.73 Å². The third-order valence-corrected chi connectivity index (χ3v) is 2.85. The van der Waals surface area contributed by atoms with Gasteiger partial charge in [-0.15, -0.1) is 12.4 Å². The molecule has 2 heterocycles. The average Bonchev–Trinajstić information content (AvgIpc) is 2.60. The molecule has 0 spiro atoms. The van der Waals surface area contributed by atoms with Gasteiger partial charge in [-0.25, -0.2) is 4.98 Å². The Balaban J connectivity index is 0.00000144. The Bertz CT molecular complexity index is 396. The summed E-state index contributed by atoms with van der Waals surface area (Å²) in [7, 11) is 0. The third kappa shape index (κ3) is 2.74. The van der Waals surface area contributed by atoms with Crippen LogP contribution < -0.4 is 10.6 Å². The molecule has 1 aliphatic heterocycles. The van der Waals surface area contributed by atoms with Crippen LogP contribution in [0.4, 0.5) is 5.82 Å². The molecule has 3 N–H and O–H groups in total. The van der Waals surface area contributed by atoms with Gasteiger partial charge in [0.15, 0.2) is 5.78 Å². The van der Waals surface area contributed by atoms with E-state index in [1.165, 1.54) is 13.1 Å². The second-order valence-corrected chi connectivity index (χ2v) is 4.02. The lowest BCUT2D eigenvalue weighted by molar-refractivity contribution is 0.101. The number of hydrogen-bond acceptors (Lipinski definition) is 5. The second kappa shape index (κ2) is 5.44. The zero-order valence-corrected chi connectivity index (χ0v) is 10.4. The van der Waals surface area contributed by atoms with Crippen molar-refractivity contribution >= 4 is 24.0 Å². The zero-order valence-electron chi connectivity index (χ0n) is 9.54. The van der Waals surface area contributed by atoms with E-state index < -0.39 is 6.23 Å². The van der Waals surface area contributed by atoms with E-state index in [-0.39, 0.29) is 24.2 Å². The Morgan fingerprint density at radius 2 is 2.29 bits per heavy atom. The first-order valence-electron chi connectivity index (χ1n) is 5.27. The van der Waals surface area contributed by atoms with Crippen molar-refractivity contribution in [2.75, 3.05) is 11.4 Å². The van der Waals surface area contributed by atoms with Crippen LogP contribution in [0.2, 0.25) is 0 Å². The van der Waals surface area contributed by atoms with E-state index in [1.807, 2.05) is 0 Å². The number of aromatic nitrogens is 1. The summed E-state index contributed by atoms with van der Waals surface area (Å²) in [6.07, 6.45) is 1.58. The van der Waals surface area contributed by atoms with Crippen LogP contribution in [0.5, 0.6) is 0 Å². The Hall–Kier alpha value is -1.17. The van der Waals surface area contributed by atoms with Crippen molar-refractivity contribution in [2.24, 2.45) is 5.73 Å². The summed E-state index contributed by atoms with van der Waals surface area (Å²) in [5, 5.41) is 9.78. The summed E-state index contributed by atoms with van der Waals surface area (Å²) in [5.41, 5.74) is 6.28. The molecule has 2 rings (SSSR count). The maximum Gasteiger partial charge on any atom is 0.161 e. The number of hydrogen-bond donors (Lipinski definition) is 2. The number of aliphatic hydroxyl groups excluding tert-OH is 1. The molecule has 0 radical (unpaired) electrons. The fourth-order valence-electron chi connectivity index (χ4n) is 1.81. The van der Waals surface area contributed by atoms with Crippen molar-refractivity contribution in [2.45, 2.75) is 25.6 Å². The van der Waals surface area contributed by atoms with Crippen molar-refractivity contribution in [3.8, 4) is 0 Å². The molecule has 0 saturated carbocycles. The van der Waals surface area contributed by atoms with Gasteiger partial charge in [0.05, 0.1) is 6.04 Å². The molecule has 1 aromatic heterocycles. The Labute approximate surface area is 106 Å². The zero-order chi connectivity index (χ0) is 11.7. The summed E-state index contributed by atoms with van der Waals surface area (Å²) in [6.45, 7) is 2.19. The molecule has 0 bridgehead atoms. The average molecular weight is 258 g/mol. The fourth-order valence-corrected chi connectivity index (χ4v) is 1.81. The lowest BCUT2D eigenvalue weighted by Gasteiger charge is -2.22. The van der Waals surface area contributed by atoms with Gasteiger partial charge in [0, 0.05) is 18.3 Å². The molecular formula is C11H16ClN3O2. The van der Waals surface area contributed by atoms with E-state index >= 15 is 0 Å². The third-order valence-electron chi connectivity index (χ3n) is 2.85. The summed E-state index contributed by atoms with van der Waals surface area (Å²) in [5.74, 6) is 0.642. The van der Waals surface area contributed by atoms with Gasteiger partial charge in [-0.3, -0.25) is 4.79 Å². The minimum absolute atomic E-state index is 0. The van der Waals surface area contributed by atoms with Crippen molar-refractivity contribution in [1.82, 2.24) is 4.98 Å². The van der Waals surface area contributed by atoms with Crippen molar-refractivity contribution in [1.29, 1.82) is 0 Å². The van der Waals surface area contributed by atoms with E-state index in [1.54, 1.807) is 17.0 Å². The van der Waals surface area contributed by atoms with Crippen LogP contribution in [0.1, 0.15) is 23.7 Å². The van der Waals surface area contributed by atoms with Crippen molar-refractivity contribution in [3.63, 3.8) is 0 Å². The van der Waals surface area contributed by atoms with Crippen LogP contribution in [0.3, 0.4) is 0 Å². The monoisotopic (exact) mass is 257 g/mol. The molecule has 6 heteroatoms. The highest BCUT2D eigenvalue weighted by Crippen LogP contribution is 2.21. The topological polar surface area (TPSA) is 79.5 Å². The van der Waals surface area contributed by atoms with Crippen LogP contribution in [0.15, 0.2) is 18.3 Å². The first kappa shape index (κ1) is 13.9. The summed E-state index contributed by atoms with van der Waals surface area (Å²) < 4.78 is 0. The number of aliphatic hydroxyl groups is 1. The molecule has 94 valence electrons. The highest BCUT2D eigenvalue weighted by Gasteiger charge is 2.30. The number of ketones is 1. The minimum atomic E-state index is -0.685. The number of halogens is 1. The number of pyridine rings is 1. The first-order valence-corrected chi connectivity index (χ1v) is 5.27. The fraction of sp³-hybridized carbons (Fsp3) is 0.455. The quantitative estimate of drug-likeness (QED) is 0.757. The molecular weight excluding hydrogens is 242 g/mol. The van der Waals surface area contributed by atoms with Gasteiger partial charge in [0.1, 0.15) is 12.0 Å². The summed E-state index contributed by atoms with van der Waals surface area (Å²) in [6, 6.07) is 3.22. The summed E-state index contributed by atoms with van der Waals surface area (Å²) in [4.78, 5) is 17.0. The molecule has 0 aliphatic carbocycles. The molecule has 17 heavy (non-hydrogen) atoms. The van der Waals surface area contributed by atoms with Crippen molar-refractivity contribution < 1.29 is 9.90 Å². The van der Waals surface area contributed by atoms with Gasteiger partial charge < -0.3 is 15.7 Å². The number of carbonyl (C=O) groups is 1. The highest BCUT2D eigenvalue weighted by atomic mass is 35.5. The SMILES string of the molecule is CC(=O)c1ccc(N2CC[C@H](N)C2O)nc1.Cl. The molecule has 5 nitrogen and oxygen atoms in total. The van der Waals surface area contributed by atoms with Crippen molar-refractivity contribution in [3.05, 3.63) is 23.9 Å².